The highest BCUT2D eigenvalue weighted by atomic mass is 16.4. The number of carboxylic acids is 1. The molecule has 1 fully saturated rings. The maximum absolute atomic E-state index is 11.9. The molecule has 0 aliphatic carbocycles. The van der Waals surface area contributed by atoms with Crippen molar-refractivity contribution in [3.63, 3.8) is 0 Å². The first-order valence-electron chi connectivity index (χ1n) is 5.81. The van der Waals surface area contributed by atoms with Crippen molar-refractivity contribution in [2.75, 3.05) is 6.54 Å². The van der Waals surface area contributed by atoms with Crippen molar-refractivity contribution in [1.29, 1.82) is 0 Å². The molecule has 0 spiro atoms. The zero-order chi connectivity index (χ0) is 14.0. The topological polar surface area (TPSA) is 74.7 Å². The van der Waals surface area contributed by atoms with E-state index in [1.807, 2.05) is 31.2 Å². The first-order chi connectivity index (χ1) is 8.97. The number of aryl methyl sites for hydroxylation is 1. The van der Waals surface area contributed by atoms with Gasteiger partial charge in [-0.25, -0.2) is 0 Å². The first-order valence-corrected chi connectivity index (χ1v) is 5.81. The monoisotopic (exact) mass is 259 g/mol. The van der Waals surface area contributed by atoms with E-state index in [1.54, 1.807) is 6.08 Å². The second-order valence-electron chi connectivity index (χ2n) is 4.44. The van der Waals surface area contributed by atoms with Crippen molar-refractivity contribution >= 4 is 23.9 Å². The Kier molecular flexibility index (Phi) is 3.46. The van der Waals surface area contributed by atoms with Gasteiger partial charge in [0, 0.05) is 5.57 Å². The molecule has 1 aromatic carbocycles. The molecular weight excluding hydrogens is 246 g/mol. The van der Waals surface area contributed by atoms with Crippen LogP contribution in [0.1, 0.15) is 17.5 Å². The maximum Gasteiger partial charge on any atom is 0.323 e. The molecule has 1 heterocycles. The number of likely N-dealkylation sites (tertiary alicyclic amines) is 1. The molecule has 98 valence electrons. The van der Waals surface area contributed by atoms with Crippen LogP contribution in [0.25, 0.3) is 6.08 Å². The van der Waals surface area contributed by atoms with E-state index in [-0.39, 0.29) is 6.42 Å². The summed E-state index contributed by atoms with van der Waals surface area (Å²) < 4.78 is 0. The van der Waals surface area contributed by atoms with E-state index in [9.17, 15) is 14.4 Å². The zero-order valence-corrected chi connectivity index (χ0v) is 10.4. The summed E-state index contributed by atoms with van der Waals surface area (Å²) in [6.07, 6.45) is 1.58. The maximum atomic E-state index is 11.9. The van der Waals surface area contributed by atoms with Gasteiger partial charge in [0.15, 0.2) is 0 Å². The van der Waals surface area contributed by atoms with Gasteiger partial charge in [0.2, 0.25) is 5.91 Å². The first kappa shape index (κ1) is 13.0. The number of hydrogen-bond acceptors (Lipinski definition) is 3. The Morgan fingerprint density at radius 3 is 2.53 bits per heavy atom. The molecule has 0 aromatic heterocycles. The van der Waals surface area contributed by atoms with E-state index < -0.39 is 24.3 Å². The summed E-state index contributed by atoms with van der Waals surface area (Å²) in [4.78, 5) is 34.8. The van der Waals surface area contributed by atoms with Gasteiger partial charge in [0.05, 0.1) is 6.42 Å². The molecule has 19 heavy (non-hydrogen) atoms. The van der Waals surface area contributed by atoms with E-state index in [2.05, 4.69) is 0 Å². The van der Waals surface area contributed by atoms with Crippen molar-refractivity contribution in [2.24, 2.45) is 0 Å². The molecule has 1 aromatic rings. The molecule has 0 unspecified atom stereocenters. The zero-order valence-electron chi connectivity index (χ0n) is 10.4. The van der Waals surface area contributed by atoms with Crippen LogP contribution >= 0.6 is 0 Å². The van der Waals surface area contributed by atoms with Crippen LogP contribution < -0.4 is 0 Å². The molecule has 0 saturated carbocycles. The molecule has 5 nitrogen and oxygen atoms in total. The van der Waals surface area contributed by atoms with Gasteiger partial charge in [0.25, 0.3) is 5.91 Å². The van der Waals surface area contributed by atoms with Gasteiger partial charge in [-0.3, -0.25) is 19.3 Å². The summed E-state index contributed by atoms with van der Waals surface area (Å²) in [7, 11) is 0. The molecule has 1 N–H and O–H groups in total. The van der Waals surface area contributed by atoms with Crippen LogP contribution in [-0.4, -0.2) is 34.3 Å². The van der Waals surface area contributed by atoms with Crippen LogP contribution in [0.2, 0.25) is 0 Å². The Morgan fingerprint density at radius 2 is 1.95 bits per heavy atom. The van der Waals surface area contributed by atoms with Gasteiger partial charge < -0.3 is 5.11 Å². The number of hydrogen-bond donors (Lipinski definition) is 1. The van der Waals surface area contributed by atoms with Crippen LogP contribution in [0.15, 0.2) is 29.8 Å². The van der Waals surface area contributed by atoms with E-state index in [0.29, 0.717) is 5.57 Å². The number of carbonyl (C=O) groups excluding carboxylic acids is 2. The number of amides is 2. The Hall–Kier alpha value is -2.43. The minimum atomic E-state index is -1.20. The number of nitrogens with zero attached hydrogens (tertiary/aromatic N) is 1. The molecule has 2 rings (SSSR count). The van der Waals surface area contributed by atoms with Gasteiger partial charge in [-0.15, -0.1) is 0 Å². The van der Waals surface area contributed by atoms with Crippen LogP contribution in [-0.2, 0) is 14.4 Å². The van der Waals surface area contributed by atoms with E-state index in [4.69, 9.17) is 5.11 Å². The van der Waals surface area contributed by atoms with Crippen LogP contribution in [0.3, 0.4) is 0 Å². The second kappa shape index (κ2) is 5.06. The Balaban J connectivity index is 2.23. The van der Waals surface area contributed by atoms with E-state index in [0.717, 1.165) is 16.0 Å². The quantitative estimate of drug-likeness (QED) is 0.654. The summed E-state index contributed by atoms with van der Waals surface area (Å²) in [5, 5.41) is 8.65. The van der Waals surface area contributed by atoms with Gasteiger partial charge in [-0.1, -0.05) is 29.8 Å². The van der Waals surface area contributed by atoms with E-state index >= 15 is 0 Å². The van der Waals surface area contributed by atoms with Crippen LogP contribution in [0.4, 0.5) is 0 Å². The summed E-state index contributed by atoms with van der Waals surface area (Å²) in [5.41, 5.74) is 2.25. The number of carboxylic acid groups (broad SMARTS) is 1. The Morgan fingerprint density at radius 1 is 1.32 bits per heavy atom. The fourth-order valence-corrected chi connectivity index (χ4v) is 1.89. The normalized spacial score (nSPS) is 17.3. The molecule has 1 saturated heterocycles. The minimum Gasteiger partial charge on any atom is -0.480 e. The van der Waals surface area contributed by atoms with Crippen molar-refractivity contribution in [3.8, 4) is 0 Å². The van der Waals surface area contributed by atoms with Gasteiger partial charge in [0.1, 0.15) is 6.54 Å². The fraction of sp³-hybridized carbons (Fsp3) is 0.214. The lowest BCUT2D eigenvalue weighted by Gasteiger charge is -2.09. The molecule has 5 heteroatoms. The van der Waals surface area contributed by atoms with Crippen molar-refractivity contribution in [1.82, 2.24) is 4.90 Å². The SMILES string of the molecule is Cc1ccc(/C=C2\CC(=O)N(CC(=O)O)C2=O)cc1. The van der Waals surface area contributed by atoms with Gasteiger partial charge >= 0.3 is 5.97 Å². The number of benzene rings is 1. The third kappa shape index (κ3) is 2.88. The third-order valence-electron chi connectivity index (χ3n) is 2.87. The lowest BCUT2D eigenvalue weighted by Crippen LogP contribution is -2.34. The van der Waals surface area contributed by atoms with E-state index in [1.165, 1.54) is 0 Å². The van der Waals surface area contributed by atoms with Crippen molar-refractivity contribution in [3.05, 3.63) is 41.0 Å². The summed E-state index contributed by atoms with van der Waals surface area (Å²) in [6, 6.07) is 7.51. The summed E-state index contributed by atoms with van der Waals surface area (Å²) in [5.74, 6) is -2.18. The van der Waals surface area contributed by atoms with Crippen molar-refractivity contribution < 1.29 is 19.5 Å². The average Bonchev–Trinajstić information content (AvgIpc) is 2.60. The highest BCUT2D eigenvalue weighted by molar-refractivity contribution is 6.16. The number of imide groups is 1. The third-order valence-corrected chi connectivity index (χ3v) is 2.87. The molecule has 2 amide bonds. The lowest BCUT2D eigenvalue weighted by atomic mass is 10.1. The standard InChI is InChI=1S/C14H13NO4/c1-9-2-4-10(5-3-9)6-11-7-12(16)15(14(11)19)8-13(17)18/h2-6H,7-8H2,1H3,(H,17,18)/b11-6+. The lowest BCUT2D eigenvalue weighted by molar-refractivity contribution is -0.148. The molecular formula is C14H13NO4. The van der Waals surface area contributed by atoms with Crippen LogP contribution in [0, 0.1) is 6.92 Å². The van der Waals surface area contributed by atoms with Gasteiger partial charge in [-0.05, 0) is 18.6 Å². The Labute approximate surface area is 110 Å². The molecule has 0 atom stereocenters. The summed E-state index contributed by atoms with van der Waals surface area (Å²) in [6.45, 7) is 1.37. The van der Waals surface area contributed by atoms with Crippen LogP contribution in [0.5, 0.6) is 0 Å². The van der Waals surface area contributed by atoms with Crippen molar-refractivity contribution in [2.45, 2.75) is 13.3 Å². The summed E-state index contributed by atoms with van der Waals surface area (Å²) >= 11 is 0. The second-order valence-corrected chi connectivity index (χ2v) is 4.44. The number of carbonyl (C=O) groups is 3. The minimum absolute atomic E-state index is 0.0417. The molecule has 1 aliphatic heterocycles. The highest BCUT2D eigenvalue weighted by Gasteiger charge is 2.34. The Bertz CT molecular complexity index is 572. The fourth-order valence-electron chi connectivity index (χ4n) is 1.89. The number of rotatable bonds is 3. The molecule has 0 bridgehead atoms. The predicted octanol–water partition coefficient (Wildman–Crippen LogP) is 1.22. The largest absolute Gasteiger partial charge is 0.480 e. The molecule has 0 radical (unpaired) electrons. The van der Waals surface area contributed by atoms with Gasteiger partial charge in [-0.2, -0.15) is 0 Å². The predicted molar refractivity (Wildman–Crippen MR) is 68.1 cm³/mol. The number of aliphatic carboxylic acids is 1. The highest BCUT2D eigenvalue weighted by Crippen LogP contribution is 2.21. The molecule has 1 aliphatic rings. The smallest absolute Gasteiger partial charge is 0.323 e. The average molecular weight is 259 g/mol.